The van der Waals surface area contributed by atoms with Crippen molar-refractivity contribution in [3.8, 4) is 11.8 Å². The van der Waals surface area contributed by atoms with Gasteiger partial charge in [0.25, 0.3) is 0 Å². The number of nitriles is 1. The zero-order valence-corrected chi connectivity index (χ0v) is 10.1. The number of hydrogen-bond donors (Lipinski definition) is 0. The maximum absolute atomic E-state index is 12.1. The fraction of sp³-hybridized carbons (Fsp3) is 0.200. The molecule has 4 nitrogen and oxygen atoms in total. The van der Waals surface area contributed by atoms with Crippen LogP contribution in [0, 0.1) is 11.3 Å². The molecular weight excluding hydrogens is 300 g/mol. The van der Waals surface area contributed by atoms with Crippen LogP contribution in [0.1, 0.15) is 15.9 Å². The lowest BCUT2D eigenvalue weighted by atomic mass is 10.1. The molecule has 0 N–H and O–H groups in total. The third-order valence-corrected chi connectivity index (χ3v) is 2.61. The van der Waals surface area contributed by atoms with E-state index in [4.69, 9.17) is 5.26 Å². The largest absolute Gasteiger partial charge is 0.465 e. The molecule has 0 saturated carbocycles. The van der Waals surface area contributed by atoms with E-state index in [1.807, 2.05) is 0 Å². The van der Waals surface area contributed by atoms with Crippen molar-refractivity contribution in [1.82, 2.24) is 0 Å². The van der Waals surface area contributed by atoms with Crippen LogP contribution < -0.4 is 4.74 Å². The van der Waals surface area contributed by atoms with E-state index in [2.05, 4.69) is 25.4 Å². The van der Waals surface area contributed by atoms with Gasteiger partial charge in [0.1, 0.15) is 5.75 Å². The first-order chi connectivity index (χ1) is 7.99. The van der Waals surface area contributed by atoms with E-state index < -0.39 is 12.6 Å². The Kier molecular flexibility index (Phi) is 4.40. The summed E-state index contributed by atoms with van der Waals surface area (Å²) in [7, 11) is 1.14. The van der Waals surface area contributed by atoms with Crippen LogP contribution in [0.3, 0.4) is 0 Å². The zero-order chi connectivity index (χ0) is 13.0. The standard InChI is InChI=1S/C10H6BrF2NO3/c1-16-9(15)6-2-5(4-14)3-7(8(6)11)17-10(12)13/h2-3,10H,1H3. The lowest BCUT2D eigenvalue weighted by Gasteiger charge is -2.10. The van der Waals surface area contributed by atoms with Crippen LogP contribution in [0.5, 0.6) is 5.75 Å². The summed E-state index contributed by atoms with van der Waals surface area (Å²) in [5.74, 6) is -1.05. The summed E-state index contributed by atoms with van der Waals surface area (Å²) in [6.07, 6.45) is 0. The second kappa shape index (κ2) is 5.59. The molecule has 0 bridgehead atoms. The highest BCUT2D eigenvalue weighted by Gasteiger charge is 2.18. The third kappa shape index (κ3) is 3.14. The van der Waals surface area contributed by atoms with Gasteiger partial charge in [-0.15, -0.1) is 0 Å². The van der Waals surface area contributed by atoms with Gasteiger partial charge in [0.15, 0.2) is 0 Å². The van der Waals surface area contributed by atoms with Gasteiger partial charge in [-0.2, -0.15) is 14.0 Å². The Hall–Kier alpha value is -1.68. The summed E-state index contributed by atoms with van der Waals surface area (Å²) in [5, 5.41) is 8.71. The predicted octanol–water partition coefficient (Wildman–Crippen LogP) is 2.71. The number of esters is 1. The van der Waals surface area contributed by atoms with Crippen molar-refractivity contribution in [3.63, 3.8) is 0 Å². The van der Waals surface area contributed by atoms with Crippen LogP contribution in [0.2, 0.25) is 0 Å². The molecule has 0 aliphatic carbocycles. The van der Waals surface area contributed by atoms with E-state index in [9.17, 15) is 13.6 Å². The van der Waals surface area contributed by atoms with Crippen molar-refractivity contribution >= 4 is 21.9 Å². The fourth-order valence-corrected chi connectivity index (χ4v) is 1.59. The fourth-order valence-electron chi connectivity index (χ4n) is 1.10. The van der Waals surface area contributed by atoms with Gasteiger partial charge >= 0.3 is 12.6 Å². The quantitative estimate of drug-likeness (QED) is 0.806. The van der Waals surface area contributed by atoms with Crippen molar-refractivity contribution in [2.24, 2.45) is 0 Å². The van der Waals surface area contributed by atoms with E-state index >= 15 is 0 Å². The second-order valence-electron chi connectivity index (χ2n) is 2.82. The van der Waals surface area contributed by atoms with Gasteiger partial charge in [0.2, 0.25) is 0 Å². The minimum absolute atomic E-state index is 0.0173. The molecule has 0 unspecified atom stereocenters. The van der Waals surface area contributed by atoms with Gasteiger partial charge in [-0.05, 0) is 28.1 Å². The van der Waals surface area contributed by atoms with E-state index in [-0.39, 0.29) is 21.3 Å². The van der Waals surface area contributed by atoms with E-state index in [1.54, 1.807) is 6.07 Å². The molecule has 1 aromatic rings. The number of nitrogens with zero attached hydrogens (tertiary/aromatic N) is 1. The molecule has 0 spiro atoms. The van der Waals surface area contributed by atoms with E-state index in [0.29, 0.717) is 0 Å². The van der Waals surface area contributed by atoms with Crippen LogP contribution in [-0.2, 0) is 4.74 Å². The molecule has 1 aromatic carbocycles. The summed E-state index contributed by atoms with van der Waals surface area (Å²) in [6, 6.07) is 4.05. The number of carbonyl (C=O) groups is 1. The number of methoxy groups -OCH3 is 1. The Morgan fingerprint density at radius 1 is 1.53 bits per heavy atom. The topological polar surface area (TPSA) is 59.3 Å². The van der Waals surface area contributed by atoms with Crippen LogP contribution >= 0.6 is 15.9 Å². The summed E-state index contributed by atoms with van der Waals surface area (Å²) in [4.78, 5) is 11.3. The lowest BCUT2D eigenvalue weighted by Crippen LogP contribution is -2.07. The monoisotopic (exact) mass is 305 g/mol. The van der Waals surface area contributed by atoms with Crippen LogP contribution in [-0.4, -0.2) is 19.7 Å². The van der Waals surface area contributed by atoms with Gasteiger partial charge in [-0.25, -0.2) is 4.79 Å². The Bertz CT molecular complexity index is 485. The molecule has 0 atom stereocenters. The molecule has 0 saturated heterocycles. The number of carbonyl (C=O) groups excluding carboxylic acids is 1. The first-order valence-electron chi connectivity index (χ1n) is 4.26. The first-order valence-corrected chi connectivity index (χ1v) is 5.05. The van der Waals surface area contributed by atoms with Crippen molar-refractivity contribution in [2.45, 2.75) is 6.61 Å². The molecule has 7 heteroatoms. The number of benzene rings is 1. The average Bonchev–Trinajstić information content (AvgIpc) is 2.30. The Balaban J connectivity index is 3.31. The number of rotatable bonds is 3. The highest BCUT2D eigenvalue weighted by atomic mass is 79.9. The first kappa shape index (κ1) is 13.4. The van der Waals surface area contributed by atoms with E-state index in [0.717, 1.165) is 13.2 Å². The van der Waals surface area contributed by atoms with E-state index in [1.165, 1.54) is 6.07 Å². The van der Waals surface area contributed by atoms with Crippen LogP contribution in [0.15, 0.2) is 16.6 Å². The maximum Gasteiger partial charge on any atom is 0.387 e. The predicted molar refractivity (Wildman–Crippen MR) is 56.8 cm³/mol. The highest BCUT2D eigenvalue weighted by Crippen LogP contribution is 2.32. The number of hydrogen-bond acceptors (Lipinski definition) is 4. The number of alkyl halides is 2. The Labute approximate surface area is 104 Å². The highest BCUT2D eigenvalue weighted by molar-refractivity contribution is 9.10. The van der Waals surface area contributed by atoms with Gasteiger partial charge in [-0.3, -0.25) is 0 Å². The summed E-state index contributed by atoms with van der Waals surface area (Å²) in [6.45, 7) is -3.05. The summed E-state index contributed by atoms with van der Waals surface area (Å²) < 4.78 is 32.9. The Morgan fingerprint density at radius 2 is 2.18 bits per heavy atom. The Morgan fingerprint density at radius 3 is 2.65 bits per heavy atom. The van der Waals surface area contributed by atoms with Crippen molar-refractivity contribution in [2.75, 3.05) is 7.11 Å². The maximum atomic E-state index is 12.1. The van der Waals surface area contributed by atoms with Crippen molar-refractivity contribution in [3.05, 3.63) is 27.7 Å². The molecule has 0 heterocycles. The normalized spacial score (nSPS) is 9.88. The molecule has 0 radical (unpaired) electrons. The third-order valence-electron chi connectivity index (χ3n) is 1.79. The van der Waals surface area contributed by atoms with Gasteiger partial charge in [-0.1, -0.05) is 0 Å². The molecule has 0 aliphatic heterocycles. The summed E-state index contributed by atoms with van der Waals surface area (Å²) >= 11 is 2.95. The van der Waals surface area contributed by atoms with Gasteiger partial charge in [0.05, 0.1) is 28.8 Å². The number of ether oxygens (including phenoxy) is 2. The number of halogens is 3. The molecule has 0 aliphatic rings. The van der Waals surface area contributed by atoms with Gasteiger partial charge < -0.3 is 9.47 Å². The molecule has 1 rings (SSSR count). The average molecular weight is 306 g/mol. The van der Waals surface area contributed by atoms with Crippen molar-refractivity contribution < 1.29 is 23.0 Å². The molecule has 0 aromatic heterocycles. The molecule has 0 fully saturated rings. The second-order valence-corrected chi connectivity index (χ2v) is 3.61. The molecule has 0 amide bonds. The lowest BCUT2D eigenvalue weighted by molar-refractivity contribution is -0.0504. The van der Waals surface area contributed by atoms with Crippen LogP contribution in [0.4, 0.5) is 8.78 Å². The molecule has 17 heavy (non-hydrogen) atoms. The smallest absolute Gasteiger partial charge is 0.387 e. The van der Waals surface area contributed by atoms with Gasteiger partial charge in [0, 0.05) is 0 Å². The minimum atomic E-state index is -3.05. The summed E-state index contributed by atoms with van der Waals surface area (Å²) in [5.41, 5.74) is -0.0357. The van der Waals surface area contributed by atoms with Crippen molar-refractivity contribution in [1.29, 1.82) is 5.26 Å². The minimum Gasteiger partial charge on any atom is -0.465 e. The SMILES string of the molecule is COC(=O)c1cc(C#N)cc(OC(F)F)c1Br. The molecular formula is C10H6BrF2NO3. The van der Waals surface area contributed by atoms with Crippen LogP contribution in [0.25, 0.3) is 0 Å². The molecule has 90 valence electrons. The zero-order valence-electron chi connectivity index (χ0n) is 8.54.